The van der Waals surface area contributed by atoms with Gasteiger partial charge in [0.1, 0.15) is 0 Å². The predicted molar refractivity (Wildman–Crippen MR) is 86.0 cm³/mol. The van der Waals surface area contributed by atoms with Gasteiger partial charge in [0.25, 0.3) is 0 Å². The topological polar surface area (TPSA) is 0 Å². The Morgan fingerprint density at radius 2 is 2.17 bits per heavy atom. The number of rotatable bonds is 5. The van der Waals surface area contributed by atoms with Crippen molar-refractivity contribution in [2.45, 2.75) is 33.1 Å². The number of fused-ring (bicyclic) bond motifs is 1. The van der Waals surface area contributed by atoms with Crippen molar-refractivity contribution >= 4 is 24.8 Å². The third-order valence-electron chi connectivity index (χ3n) is 3.38. The number of hydrogen-bond acceptors (Lipinski definition) is 0. The minimum Gasteiger partial charge on any atom is -0.124 e. The fourth-order valence-corrected chi connectivity index (χ4v) is 3.73. The van der Waals surface area contributed by atoms with Crippen LogP contribution in [0.5, 0.6) is 0 Å². The molecule has 0 aliphatic heterocycles. The van der Waals surface area contributed by atoms with Gasteiger partial charge in [-0.25, -0.2) is 0 Å². The SMILES string of the molecule is C=C/C=C\c1[pH]c2cc(CCCC)ccc2c1C. The van der Waals surface area contributed by atoms with E-state index in [4.69, 9.17) is 0 Å². The molecule has 1 aromatic heterocycles. The van der Waals surface area contributed by atoms with E-state index in [2.05, 4.69) is 44.7 Å². The Hall–Kier alpha value is -1.26. The molecule has 94 valence electrons. The molecule has 0 aliphatic rings. The summed E-state index contributed by atoms with van der Waals surface area (Å²) in [5.74, 6) is 0. The van der Waals surface area contributed by atoms with Crippen molar-refractivity contribution in [1.29, 1.82) is 0 Å². The fourth-order valence-electron chi connectivity index (χ4n) is 2.27. The fraction of sp³-hybridized carbons (Fsp3) is 0.294. The highest BCUT2D eigenvalue weighted by Crippen LogP contribution is 2.36. The Morgan fingerprint density at radius 3 is 2.89 bits per heavy atom. The zero-order valence-corrected chi connectivity index (χ0v) is 12.3. The van der Waals surface area contributed by atoms with Crippen LogP contribution in [0.25, 0.3) is 16.6 Å². The maximum atomic E-state index is 3.74. The molecule has 0 radical (unpaired) electrons. The molecular formula is C17H21P. The Morgan fingerprint density at radius 1 is 1.33 bits per heavy atom. The van der Waals surface area contributed by atoms with Gasteiger partial charge in [-0.15, -0.1) is 8.19 Å². The predicted octanol–water partition coefficient (Wildman–Crippen LogP) is 5.72. The maximum absolute atomic E-state index is 3.74. The van der Waals surface area contributed by atoms with Crippen LogP contribution in [0, 0.1) is 6.92 Å². The number of hydrogen-bond donors (Lipinski definition) is 0. The van der Waals surface area contributed by atoms with Gasteiger partial charge >= 0.3 is 0 Å². The van der Waals surface area contributed by atoms with E-state index in [-0.39, 0.29) is 0 Å². The molecule has 1 aromatic carbocycles. The molecule has 2 rings (SSSR count). The number of unbranched alkanes of at least 4 members (excludes halogenated alkanes) is 1. The zero-order valence-electron chi connectivity index (χ0n) is 11.3. The lowest BCUT2D eigenvalue weighted by atomic mass is 10.1. The second-order valence-corrected chi connectivity index (χ2v) is 6.07. The molecule has 1 heteroatoms. The minimum atomic E-state index is 0.808. The van der Waals surface area contributed by atoms with Crippen LogP contribution in [-0.4, -0.2) is 0 Å². The van der Waals surface area contributed by atoms with Gasteiger partial charge in [-0.2, -0.15) is 0 Å². The molecule has 0 nitrogen and oxygen atoms in total. The van der Waals surface area contributed by atoms with Crippen LogP contribution in [0.3, 0.4) is 0 Å². The van der Waals surface area contributed by atoms with Crippen LogP contribution in [0.2, 0.25) is 0 Å². The average Bonchev–Trinajstić information content (AvgIpc) is 2.70. The van der Waals surface area contributed by atoms with Crippen molar-refractivity contribution in [2.24, 2.45) is 0 Å². The number of aryl methyl sites for hydroxylation is 2. The first-order chi connectivity index (χ1) is 8.76. The highest BCUT2D eigenvalue weighted by atomic mass is 31.0. The van der Waals surface area contributed by atoms with E-state index in [1.807, 2.05) is 12.2 Å². The van der Waals surface area contributed by atoms with Crippen molar-refractivity contribution in [3.63, 3.8) is 0 Å². The molecule has 0 N–H and O–H groups in total. The molecule has 0 spiro atoms. The summed E-state index contributed by atoms with van der Waals surface area (Å²) < 4.78 is 0. The summed E-state index contributed by atoms with van der Waals surface area (Å²) in [4.78, 5) is 0. The lowest BCUT2D eigenvalue weighted by molar-refractivity contribution is 0.796. The van der Waals surface area contributed by atoms with Gasteiger partial charge < -0.3 is 0 Å². The summed E-state index contributed by atoms with van der Waals surface area (Å²) in [5, 5.41) is 4.42. The summed E-state index contributed by atoms with van der Waals surface area (Å²) in [5.41, 5.74) is 2.92. The molecule has 1 atom stereocenters. The monoisotopic (exact) mass is 256 g/mol. The molecule has 0 amide bonds. The van der Waals surface area contributed by atoms with Gasteiger partial charge in [0.15, 0.2) is 0 Å². The summed E-state index contributed by atoms with van der Waals surface area (Å²) in [6, 6.07) is 7.00. The van der Waals surface area contributed by atoms with Crippen LogP contribution >= 0.6 is 8.19 Å². The molecule has 18 heavy (non-hydrogen) atoms. The van der Waals surface area contributed by atoms with Gasteiger partial charge in [-0.05, 0) is 52.8 Å². The summed E-state index contributed by atoms with van der Waals surface area (Å²) >= 11 is 0. The van der Waals surface area contributed by atoms with Crippen molar-refractivity contribution in [3.05, 3.63) is 53.4 Å². The van der Waals surface area contributed by atoms with E-state index in [1.54, 1.807) is 0 Å². The lowest BCUT2D eigenvalue weighted by Crippen LogP contribution is -1.83. The van der Waals surface area contributed by atoms with Crippen LogP contribution in [-0.2, 0) is 6.42 Å². The standard InChI is InChI=1S/C17H21P/c1-4-6-8-14-10-11-15-13(3)16(9-7-5-2)18-17(15)12-14/h5,7,9-12,18H,2,4,6,8H2,1,3H3/b9-7-. The Labute approximate surface area is 112 Å². The quantitative estimate of drug-likeness (QED) is 0.600. The van der Waals surface area contributed by atoms with E-state index in [1.165, 1.54) is 46.2 Å². The molecule has 0 fully saturated rings. The van der Waals surface area contributed by atoms with E-state index in [0.717, 1.165) is 8.19 Å². The molecule has 0 bridgehead atoms. The Balaban J connectivity index is 2.38. The van der Waals surface area contributed by atoms with Crippen molar-refractivity contribution in [3.8, 4) is 0 Å². The molecular weight excluding hydrogens is 235 g/mol. The zero-order chi connectivity index (χ0) is 13.0. The van der Waals surface area contributed by atoms with Gasteiger partial charge in [-0.3, -0.25) is 0 Å². The lowest BCUT2D eigenvalue weighted by Gasteiger charge is -2.00. The molecule has 2 aromatic rings. The van der Waals surface area contributed by atoms with E-state index in [9.17, 15) is 0 Å². The molecule has 0 saturated heterocycles. The van der Waals surface area contributed by atoms with Crippen molar-refractivity contribution in [1.82, 2.24) is 0 Å². The third kappa shape index (κ3) is 2.76. The highest BCUT2D eigenvalue weighted by molar-refractivity contribution is 7.38. The first-order valence-electron chi connectivity index (χ1n) is 6.66. The summed E-state index contributed by atoms with van der Waals surface area (Å²) in [7, 11) is 0.808. The molecule has 0 aliphatic carbocycles. The summed E-state index contributed by atoms with van der Waals surface area (Å²) in [6.07, 6.45) is 9.86. The Bertz CT molecular complexity index is 573. The Kier molecular flexibility index (Phi) is 4.44. The first kappa shape index (κ1) is 13.2. The minimum absolute atomic E-state index is 0.808. The molecule has 1 heterocycles. The molecule has 1 unspecified atom stereocenters. The highest BCUT2D eigenvalue weighted by Gasteiger charge is 2.05. The average molecular weight is 256 g/mol. The van der Waals surface area contributed by atoms with E-state index in [0.29, 0.717) is 0 Å². The molecule has 0 saturated carbocycles. The normalized spacial score (nSPS) is 11.9. The van der Waals surface area contributed by atoms with E-state index < -0.39 is 0 Å². The van der Waals surface area contributed by atoms with Gasteiger partial charge in [-0.1, -0.05) is 50.3 Å². The van der Waals surface area contributed by atoms with Crippen molar-refractivity contribution < 1.29 is 0 Å². The van der Waals surface area contributed by atoms with Gasteiger partial charge in [0.2, 0.25) is 0 Å². The van der Waals surface area contributed by atoms with Gasteiger partial charge in [0, 0.05) is 0 Å². The van der Waals surface area contributed by atoms with Crippen molar-refractivity contribution in [2.75, 3.05) is 0 Å². The second-order valence-electron chi connectivity index (χ2n) is 4.74. The first-order valence-corrected chi connectivity index (χ1v) is 7.66. The largest absolute Gasteiger partial charge is 0.124 e. The number of allylic oxidation sites excluding steroid dienone is 2. The smallest absolute Gasteiger partial charge is 0.000677 e. The van der Waals surface area contributed by atoms with Crippen LogP contribution in [0.15, 0.2) is 36.9 Å². The number of benzene rings is 1. The van der Waals surface area contributed by atoms with Crippen LogP contribution < -0.4 is 0 Å². The van der Waals surface area contributed by atoms with E-state index >= 15 is 0 Å². The van der Waals surface area contributed by atoms with Gasteiger partial charge in [0.05, 0.1) is 0 Å². The van der Waals surface area contributed by atoms with Crippen LogP contribution in [0.4, 0.5) is 0 Å². The maximum Gasteiger partial charge on any atom is -0.000677 e. The third-order valence-corrected chi connectivity index (χ3v) is 4.87. The summed E-state index contributed by atoms with van der Waals surface area (Å²) in [6.45, 7) is 8.22. The van der Waals surface area contributed by atoms with Crippen LogP contribution in [0.1, 0.15) is 36.2 Å². The second kappa shape index (κ2) is 6.07.